The third kappa shape index (κ3) is 4.84. The largest absolute Gasteiger partial charge is 0.310 e. The van der Waals surface area contributed by atoms with E-state index in [0.29, 0.717) is 0 Å². The number of hydrogen-bond acceptors (Lipinski definition) is 3. The minimum atomic E-state index is 1.06. The molecule has 8 aromatic rings. The molecule has 208 valence electrons. The first-order chi connectivity index (χ1) is 21.8. The fourth-order valence-electron chi connectivity index (χ4n) is 5.98. The molecule has 44 heavy (non-hydrogen) atoms. The fraction of sp³-hybridized carbons (Fsp3) is 0. The van der Waals surface area contributed by atoms with Crippen molar-refractivity contribution < 1.29 is 0 Å². The summed E-state index contributed by atoms with van der Waals surface area (Å²) in [7, 11) is 0. The average Bonchev–Trinajstić information content (AvgIpc) is 3.49. The minimum absolute atomic E-state index is 1.06. The highest BCUT2D eigenvalue weighted by atomic mass is 32.1. The first-order valence-corrected chi connectivity index (χ1v) is 15.6. The van der Waals surface area contributed by atoms with Gasteiger partial charge in [0.25, 0.3) is 0 Å². The minimum Gasteiger partial charge on any atom is -0.310 e. The second kappa shape index (κ2) is 11.3. The average molecular weight is 581 g/mol. The third-order valence-corrected chi connectivity index (χ3v) is 9.25. The number of aromatic nitrogens is 1. The lowest BCUT2D eigenvalue weighted by Gasteiger charge is -2.27. The van der Waals surface area contributed by atoms with Crippen LogP contribution in [0.5, 0.6) is 0 Å². The molecule has 0 saturated carbocycles. The Balaban J connectivity index is 1.22. The van der Waals surface area contributed by atoms with Crippen molar-refractivity contribution in [2.75, 3.05) is 4.90 Å². The van der Waals surface area contributed by atoms with E-state index in [2.05, 4.69) is 168 Å². The molecule has 0 aliphatic rings. The molecule has 0 atom stereocenters. The SMILES string of the molecule is c1ccc(-c2ccc(-c3ccc(N(c4ccc(-c5ccccc5)cc4)c4cccc5sc6ncccc6c45)cc3)cc2)cc1. The van der Waals surface area contributed by atoms with Crippen LogP contribution in [0.25, 0.3) is 53.7 Å². The maximum atomic E-state index is 4.68. The molecule has 0 unspecified atom stereocenters. The van der Waals surface area contributed by atoms with Crippen molar-refractivity contribution in [3.63, 3.8) is 0 Å². The van der Waals surface area contributed by atoms with Crippen molar-refractivity contribution in [2.24, 2.45) is 0 Å². The Morgan fingerprint density at radius 1 is 0.409 bits per heavy atom. The molecule has 2 nitrogen and oxygen atoms in total. The van der Waals surface area contributed by atoms with Crippen molar-refractivity contribution in [1.82, 2.24) is 4.98 Å². The number of fused-ring (bicyclic) bond motifs is 3. The highest BCUT2D eigenvalue weighted by Crippen LogP contribution is 2.44. The molecule has 6 aromatic carbocycles. The summed E-state index contributed by atoms with van der Waals surface area (Å²) < 4.78 is 1.23. The Morgan fingerprint density at radius 2 is 0.886 bits per heavy atom. The molecule has 0 aliphatic heterocycles. The predicted molar refractivity (Wildman–Crippen MR) is 188 cm³/mol. The van der Waals surface area contributed by atoms with Gasteiger partial charge in [-0.15, -0.1) is 11.3 Å². The standard InChI is InChI=1S/C41H28N2S/c1-3-9-29(10-4-1)31-16-18-32(19-17-31)34-22-26-36(27-23-34)43(35-24-20-33(21-25-35)30-11-5-2-6-12-30)38-14-7-15-39-40(38)37-13-8-28-42-41(37)44-39/h1-28H. The molecule has 2 aromatic heterocycles. The van der Waals surface area contributed by atoms with E-state index in [9.17, 15) is 0 Å². The number of thiophene rings is 1. The van der Waals surface area contributed by atoms with Gasteiger partial charge in [0.2, 0.25) is 0 Å². The van der Waals surface area contributed by atoms with Crippen molar-refractivity contribution in [2.45, 2.75) is 0 Å². The number of benzene rings is 6. The van der Waals surface area contributed by atoms with E-state index in [1.165, 1.54) is 48.9 Å². The Labute approximate surface area is 261 Å². The zero-order valence-corrected chi connectivity index (χ0v) is 24.8. The van der Waals surface area contributed by atoms with Crippen LogP contribution < -0.4 is 4.90 Å². The van der Waals surface area contributed by atoms with Crippen molar-refractivity contribution in [3.05, 3.63) is 170 Å². The van der Waals surface area contributed by atoms with Crippen LogP contribution >= 0.6 is 11.3 Å². The molecule has 0 bridgehead atoms. The van der Waals surface area contributed by atoms with Gasteiger partial charge in [-0.3, -0.25) is 0 Å². The molecule has 0 fully saturated rings. The summed E-state index contributed by atoms with van der Waals surface area (Å²) in [5.74, 6) is 0. The van der Waals surface area contributed by atoms with Gasteiger partial charge in [0.15, 0.2) is 0 Å². The van der Waals surface area contributed by atoms with E-state index in [-0.39, 0.29) is 0 Å². The van der Waals surface area contributed by atoms with Gasteiger partial charge in [-0.1, -0.05) is 115 Å². The Hall–Kier alpha value is -5.51. The number of nitrogens with zero attached hydrogens (tertiary/aromatic N) is 2. The number of anilines is 3. The summed E-state index contributed by atoms with van der Waals surface area (Å²) in [5.41, 5.74) is 10.6. The van der Waals surface area contributed by atoms with Gasteiger partial charge in [-0.05, 0) is 81.9 Å². The lowest BCUT2D eigenvalue weighted by atomic mass is 10.00. The van der Waals surface area contributed by atoms with Gasteiger partial charge in [0.1, 0.15) is 4.83 Å². The van der Waals surface area contributed by atoms with Crippen LogP contribution in [0.15, 0.2) is 170 Å². The van der Waals surface area contributed by atoms with Gasteiger partial charge in [0.05, 0.1) is 5.69 Å². The molecule has 3 heteroatoms. The maximum absolute atomic E-state index is 4.68. The molecular weight excluding hydrogens is 553 g/mol. The summed E-state index contributed by atoms with van der Waals surface area (Å²) in [6, 6.07) is 58.5. The first kappa shape index (κ1) is 26.1. The first-order valence-electron chi connectivity index (χ1n) is 14.8. The molecule has 0 N–H and O–H groups in total. The quantitative estimate of drug-likeness (QED) is 0.194. The topological polar surface area (TPSA) is 16.1 Å². The number of rotatable bonds is 6. The molecule has 0 amide bonds. The smallest absolute Gasteiger partial charge is 0.124 e. The lowest BCUT2D eigenvalue weighted by molar-refractivity contribution is 1.30. The zero-order chi connectivity index (χ0) is 29.3. The third-order valence-electron chi connectivity index (χ3n) is 8.18. The number of pyridine rings is 1. The highest BCUT2D eigenvalue weighted by molar-refractivity contribution is 7.25. The van der Waals surface area contributed by atoms with Crippen molar-refractivity contribution >= 4 is 48.7 Å². The molecule has 2 heterocycles. The van der Waals surface area contributed by atoms with Crippen LogP contribution in [0, 0.1) is 0 Å². The van der Waals surface area contributed by atoms with Crippen LogP contribution in [0.3, 0.4) is 0 Å². The highest BCUT2D eigenvalue weighted by Gasteiger charge is 2.19. The lowest BCUT2D eigenvalue weighted by Crippen LogP contribution is -2.10. The molecule has 0 spiro atoms. The molecule has 0 aliphatic carbocycles. The fourth-order valence-corrected chi connectivity index (χ4v) is 7.04. The van der Waals surface area contributed by atoms with Gasteiger partial charge in [0, 0.05) is 33.0 Å². The van der Waals surface area contributed by atoms with Crippen LogP contribution in [0.2, 0.25) is 0 Å². The summed E-state index contributed by atoms with van der Waals surface area (Å²) >= 11 is 1.74. The summed E-state index contributed by atoms with van der Waals surface area (Å²) in [5, 5.41) is 2.41. The number of hydrogen-bond donors (Lipinski definition) is 0. The zero-order valence-electron chi connectivity index (χ0n) is 24.0. The Kier molecular flexibility index (Phi) is 6.71. The van der Waals surface area contributed by atoms with E-state index in [4.69, 9.17) is 0 Å². The maximum Gasteiger partial charge on any atom is 0.124 e. The van der Waals surface area contributed by atoms with E-state index in [1.807, 2.05) is 12.3 Å². The van der Waals surface area contributed by atoms with E-state index < -0.39 is 0 Å². The monoisotopic (exact) mass is 580 g/mol. The predicted octanol–water partition coefficient (Wildman–Crippen LogP) is 11.9. The van der Waals surface area contributed by atoms with E-state index >= 15 is 0 Å². The Bertz CT molecular complexity index is 2180. The van der Waals surface area contributed by atoms with Gasteiger partial charge in [-0.2, -0.15) is 0 Å². The van der Waals surface area contributed by atoms with E-state index in [0.717, 1.165) is 21.9 Å². The Morgan fingerprint density at radius 3 is 1.41 bits per heavy atom. The van der Waals surface area contributed by atoms with Crippen LogP contribution in [-0.2, 0) is 0 Å². The van der Waals surface area contributed by atoms with Crippen LogP contribution in [0.4, 0.5) is 17.1 Å². The van der Waals surface area contributed by atoms with Gasteiger partial charge in [-0.25, -0.2) is 4.98 Å². The molecular formula is C41H28N2S. The normalized spacial score (nSPS) is 11.2. The van der Waals surface area contributed by atoms with Crippen molar-refractivity contribution in [1.29, 1.82) is 0 Å². The van der Waals surface area contributed by atoms with Gasteiger partial charge >= 0.3 is 0 Å². The second-order valence-electron chi connectivity index (χ2n) is 10.8. The van der Waals surface area contributed by atoms with Gasteiger partial charge < -0.3 is 4.90 Å². The van der Waals surface area contributed by atoms with Crippen LogP contribution in [-0.4, -0.2) is 4.98 Å². The molecule has 0 saturated heterocycles. The second-order valence-corrected chi connectivity index (χ2v) is 11.9. The van der Waals surface area contributed by atoms with E-state index in [1.54, 1.807) is 11.3 Å². The molecule has 0 radical (unpaired) electrons. The van der Waals surface area contributed by atoms with Crippen LogP contribution in [0.1, 0.15) is 0 Å². The summed E-state index contributed by atoms with van der Waals surface area (Å²) in [4.78, 5) is 8.11. The summed E-state index contributed by atoms with van der Waals surface area (Å²) in [6.45, 7) is 0. The van der Waals surface area contributed by atoms with Crippen molar-refractivity contribution in [3.8, 4) is 33.4 Å². The summed E-state index contributed by atoms with van der Waals surface area (Å²) in [6.07, 6.45) is 1.88. The molecule has 8 rings (SSSR count).